The maximum absolute atomic E-state index is 13.1. The molecular formula is C20H24FN3O2. The topological polar surface area (TPSA) is 79.9 Å². The van der Waals surface area contributed by atoms with Crippen molar-refractivity contribution in [3.8, 4) is 5.75 Å². The third-order valence-electron chi connectivity index (χ3n) is 5.01. The van der Waals surface area contributed by atoms with Gasteiger partial charge >= 0.3 is 0 Å². The van der Waals surface area contributed by atoms with E-state index in [1.54, 1.807) is 19.2 Å². The monoisotopic (exact) mass is 357 g/mol. The van der Waals surface area contributed by atoms with Crippen molar-refractivity contribution in [3.05, 3.63) is 65.5 Å². The van der Waals surface area contributed by atoms with Crippen molar-refractivity contribution < 1.29 is 14.2 Å². The molecular weight excluding hydrogens is 333 g/mol. The van der Waals surface area contributed by atoms with Gasteiger partial charge in [-0.15, -0.1) is 0 Å². The fourth-order valence-electron chi connectivity index (χ4n) is 3.27. The largest absolute Gasteiger partial charge is 0.496 e. The first kappa shape index (κ1) is 18.2. The lowest BCUT2D eigenvalue weighted by Gasteiger charge is -2.16. The summed E-state index contributed by atoms with van der Waals surface area (Å²) in [6, 6.07) is 14.1. The lowest BCUT2D eigenvalue weighted by Crippen LogP contribution is -2.37. The van der Waals surface area contributed by atoms with Crippen molar-refractivity contribution in [2.24, 2.45) is 16.1 Å². The van der Waals surface area contributed by atoms with Crippen molar-refractivity contribution in [2.75, 3.05) is 20.3 Å². The summed E-state index contributed by atoms with van der Waals surface area (Å²) in [6.45, 7) is 0.977. The summed E-state index contributed by atoms with van der Waals surface area (Å²) < 4.78 is 18.4. The van der Waals surface area contributed by atoms with Crippen molar-refractivity contribution in [1.82, 2.24) is 5.32 Å². The van der Waals surface area contributed by atoms with E-state index >= 15 is 0 Å². The summed E-state index contributed by atoms with van der Waals surface area (Å²) in [6.07, 6.45) is 0.835. The van der Waals surface area contributed by atoms with E-state index in [-0.39, 0.29) is 23.8 Å². The summed E-state index contributed by atoms with van der Waals surface area (Å²) in [5, 5.41) is 12.9. The first-order chi connectivity index (χ1) is 12.6. The molecule has 2 aromatic carbocycles. The smallest absolute Gasteiger partial charge is 0.188 e. The highest BCUT2D eigenvalue weighted by Gasteiger charge is 2.54. The van der Waals surface area contributed by atoms with Crippen LogP contribution in [0.15, 0.2) is 53.5 Å². The first-order valence-corrected chi connectivity index (χ1v) is 8.60. The van der Waals surface area contributed by atoms with E-state index in [1.807, 2.05) is 24.3 Å². The van der Waals surface area contributed by atoms with Crippen LogP contribution >= 0.6 is 0 Å². The van der Waals surface area contributed by atoms with Gasteiger partial charge in [-0.1, -0.05) is 30.3 Å². The van der Waals surface area contributed by atoms with Crippen LogP contribution in [0.2, 0.25) is 0 Å². The molecule has 0 spiro atoms. The van der Waals surface area contributed by atoms with E-state index in [1.165, 1.54) is 12.1 Å². The lowest BCUT2D eigenvalue weighted by atomic mass is 10.00. The Bertz CT molecular complexity index is 779. The van der Waals surface area contributed by atoms with E-state index in [4.69, 9.17) is 10.5 Å². The third kappa shape index (κ3) is 3.96. The molecule has 0 aliphatic heterocycles. The summed E-state index contributed by atoms with van der Waals surface area (Å²) in [7, 11) is 1.62. The summed E-state index contributed by atoms with van der Waals surface area (Å²) in [5.74, 6) is 1.04. The van der Waals surface area contributed by atoms with Gasteiger partial charge in [0.15, 0.2) is 5.96 Å². The number of hydrogen-bond donors (Lipinski definition) is 3. The van der Waals surface area contributed by atoms with Gasteiger partial charge in [-0.3, -0.25) is 0 Å². The highest BCUT2D eigenvalue weighted by Crippen LogP contribution is 2.58. The minimum absolute atomic E-state index is 0.0435. The Morgan fingerprint density at radius 3 is 2.73 bits per heavy atom. The van der Waals surface area contributed by atoms with Crippen LogP contribution in [0.3, 0.4) is 0 Å². The number of aliphatic hydroxyl groups excluding tert-OH is 1. The Morgan fingerprint density at radius 2 is 2.04 bits per heavy atom. The number of nitrogens with two attached hydrogens (primary N) is 1. The Kier molecular flexibility index (Phi) is 5.42. The fraction of sp³-hybridized carbons (Fsp3) is 0.350. The molecule has 2 unspecified atom stereocenters. The van der Waals surface area contributed by atoms with Gasteiger partial charge in [0.05, 0.1) is 20.3 Å². The second kappa shape index (κ2) is 7.74. The lowest BCUT2D eigenvalue weighted by molar-refractivity contribution is 0.207. The molecule has 4 N–H and O–H groups in total. The molecule has 2 aromatic rings. The number of ether oxygens (including phenoxy) is 1. The number of benzene rings is 2. The zero-order chi connectivity index (χ0) is 18.6. The highest BCUT2D eigenvalue weighted by molar-refractivity contribution is 5.78. The molecule has 2 atom stereocenters. The van der Waals surface area contributed by atoms with E-state index < -0.39 is 0 Å². The number of para-hydroxylation sites is 1. The van der Waals surface area contributed by atoms with E-state index in [9.17, 15) is 9.50 Å². The molecule has 1 fully saturated rings. The van der Waals surface area contributed by atoms with E-state index in [0.29, 0.717) is 19.0 Å². The molecule has 0 aromatic heterocycles. The molecule has 0 amide bonds. The number of aliphatic imine (C=N–C) groups is 1. The van der Waals surface area contributed by atoms with Gasteiger partial charge in [0.2, 0.25) is 0 Å². The zero-order valence-corrected chi connectivity index (χ0v) is 14.8. The minimum Gasteiger partial charge on any atom is -0.496 e. The van der Waals surface area contributed by atoms with Gasteiger partial charge < -0.3 is 20.9 Å². The zero-order valence-electron chi connectivity index (χ0n) is 14.8. The third-order valence-corrected chi connectivity index (χ3v) is 5.01. The number of nitrogens with zero attached hydrogens (tertiary/aromatic N) is 1. The number of aliphatic hydroxyl groups is 1. The van der Waals surface area contributed by atoms with Crippen LogP contribution in [-0.2, 0) is 6.54 Å². The number of rotatable bonds is 7. The van der Waals surface area contributed by atoms with Crippen LogP contribution in [0.4, 0.5) is 4.39 Å². The molecule has 0 bridgehead atoms. The molecule has 1 aliphatic rings. The summed E-state index contributed by atoms with van der Waals surface area (Å²) >= 11 is 0. The predicted octanol–water partition coefficient (Wildman–Crippen LogP) is 2.40. The van der Waals surface area contributed by atoms with Gasteiger partial charge in [0.1, 0.15) is 11.6 Å². The molecule has 3 rings (SSSR count). The van der Waals surface area contributed by atoms with Crippen molar-refractivity contribution in [1.29, 1.82) is 0 Å². The van der Waals surface area contributed by atoms with E-state index in [2.05, 4.69) is 10.3 Å². The van der Waals surface area contributed by atoms with Crippen LogP contribution in [0.25, 0.3) is 0 Å². The van der Waals surface area contributed by atoms with Crippen molar-refractivity contribution in [2.45, 2.75) is 18.9 Å². The molecule has 138 valence electrons. The Labute approximate surface area is 152 Å². The molecule has 5 nitrogen and oxygen atoms in total. The number of nitrogens with one attached hydrogen (secondary N) is 1. The summed E-state index contributed by atoms with van der Waals surface area (Å²) in [4.78, 5) is 4.35. The molecule has 6 heteroatoms. The van der Waals surface area contributed by atoms with Gasteiger partial charge in [-0.05, 0) is 36.1 Å². The average Bonchev–Trinajstić information content (AvgIpc) is 3.40. The van der Waals surface area contributed by atoms with Gasteiger partial charge in [0.25, 0.3) is 0 Å². The summed E-state index contributed by atoms with van der Waals surface area (Å²) in [5.41, 5.74) is 7.68. The minimum atomic E-state index is -0.275. The first-order valence-electron chi connectivity index (χ1n) is 8.60. The standard InChI is InChI=1S/C20H24FN3O2/c1-26-18-5-3-2-4-15(18)11-23-19(22)24-12-20(13-25)10-17(20)14-6-8-16(21)9-7-14/h2-9,17,25H,10-13H2,1H3,(H3,22,23,24). The maximum Gasteiger partial charge on any atom is 0.188 e. The second-order valence-corrected chi connectivity index (χ2v) is 6.70. The molecule has 0 heterocycles. The quantitative estimate of drug-likeness (QED) is 0.525. The number of guanidine groups is 1. The molecule has 26 heavy (non-hydrogen) atoms. The van der Waals surface area contributed by atoms with Crippen LogP contribution < -0.4 is 15.8 Å². The Balaban J connectivity index is 1.58. The average molecular weight is 357 g/mol. The van der Waals surface area contributed by atoms with Crippen LogP contribution in [0.5, 0.6) is 5.75 Å². The highest BCUT2D eigenvalue weighted by atomic mass is 19.1. The van der Waals surface area contributed by atoms with Crippen LogP contribution in [-0.4, -0.2) is 31.3 Å². The Hall–Kier alpha value is -2.60. The SMILES string of the molecule is COc1ccccc1CN=C(N)NCC1(CO)CC1c1ccc(F)cc1. The van der Waals surface area contributed by atoms with Crippen molar-refractivity contribution >= 4 is 5.96 Å². The number of halogens is 1. The maximum atomic E-state index is 13.1. The molecule has 0 saturated heterocycles. The van der Waals surface area contributed by atoms with Crippen LogP contribution in [0.1, 0.15) is 23.5 Å². The Morgan fingerprint density at radius 1 is 1.31 bits per heavy atom. The van der Waals surface area contributed by atoms with Gasteiger partial charge in [-0.2, -0.15) is 0 Å². The van der Waals surface area contributed by atoms with E-state index in [0.717, 1.165) is 23.3 Å². The molecule has 0 radical (unpaired) electrons. The molecule has 1 saturated carbocycles. The van der Waals surface area contributed by atoms with Crippen LogP contribution in [0, 0.1) is 11.2 Å². The molecule has 1 aliphatic carbocycles. The van der Waals surface area contributed by atoms with Gasteiger partial charge in [0, 0.05) is 17.5 Å². The van der Waals surface area contributed by atoms with Gasteiger partial charge in [-0.25, -0.2) is 9.38 Å². The normalized spacial score (nSPS) is 22.1. The second-order valence-electron chi connectivity index (χ2n) is 6.70. The van der Waals surface area contributed by atoms with Crippen molar-refractivity contribution in [3.63, 3.8) is 0 Å². The number of hydrogen-bond acceptors (Lipinski definition) is 3. The fourth-order valence-corrected chi connectivity index (χ4v) is 3.27. The predicted molar refractivity (Wildman–Crippen MR) is 99.6 cm³/mol. The number of methoxy groups -OCH3 is 1.